The summed E-state index contributed by atoms with van der Waals surface area (Å²) in [5.41, 5.74) is 3.85. The summed E-state index contributed by atoms with van der Waals surface area (Å²) in [6.07, 6.45) is 1.71. The summed E-state index contributed by atoms with van der Waals surface area (Å²) in [5, 5.41) is 2.44. The zero-order chi connectivity index (χ0) is 20.5. The van der Waals surface area contributed by atoms with Gasteiger partial charge < -0.3 is 15.0 Å². The number of nitrogens with one attached hydrogen (secondary N) is 1. The zero-order valence-electron chi connectivity index (χ0n) is 17.0. The number of carbonyl (C=O) groups excluding carboxylic acids is 2. The molecule has 2 aromatic rings. The number of hydrogen-bond acceptors (Lipinski definition) is 4. The van der Waals surface area contributed by atoms with E-state index in [9.17, 15) is 9.59 Å². The molecule has 6 nitrogen and oxygen atoms in total. The molecule has 154 valence electrons. The summed E-state index contributed by atoms with van der Waals surface area (Å²) in [7, 11) is 1.52. The highest BCUT2D eigenvalue weighted by Gasteiger charge is 2.22. The van der Waals surface area contributed by atoms with Crippen LogP contribution in [0.15, 0.2) is 54.6 Å². The maximum Gasteiger partial charge on any atom is 0.410 e. The Kier molecular flexibility index (Phi) is 7.64. The second kappa shape index (κ2) is 10.6. The number of nitrogens with zero attached hydrogens (tertiary/aromatic N) is 2. The van der Waals surface area contributed by atoms with Crippen molar-refractivity contribution in [2.24, 2.45) is 0 Å². The van der Waals surface area contributed by atoms with Crippen molar-refractivity contribution in [3.05, 3.63) is 60.2 Å². The van der Waals surface area contributed by atoms with Gasteiger partial charge in [0.2, 0.25) is 0 Å². The standard InChI is InChI=1S/C23H29N3O3/c1-24-22(27)18-29-23(28)26-15-13-25(14-16-26)12-6-8-19-7-5-11-21(17-19)20-9-3-2-4-10-20/h2-5,7,9-11,17H,6,8,12-16,18H2,1H3,(H,24,27). The van der Waals surface area contributed by atoms with Gasteiger partial charge in [0.15, 0.2) is 6.61 Å². The molecule has 3 rings (SSSR count). The van der Waals surface area contributed by atoms with Crippen molar-refractivity contribution in [3.8, 4) is 11.1 Å². The van der Waals surface area contributed by atoms with Crippen LogP contribution in [0.25, 0.3) is 11.1 Å². The molecule has 0 spiro atoms. The molecular formula is C23H29N3O3. The number of piperazine rings is 1. The van der Waals surface area contributed by atoms with Gasteiger partial charge >= 0.3 is 6.09 Å². The van der Waals surface area contributed by atoms with Crippen molar-refractivity contribution in [2.75, 3.05) is 46.4 Å². The highest BCUT2D eigenvalue weighted by Crippen LogP contribution is 2.20. The molecule has 0 radical (unpaired) electrons. The van der Waals surface area contributed by atoms with Crippen molar-refractivity contribution in [1.82, 2.24) is 15.1 Å². The largest absolute Gasteiger partial charge is 0.439 e. The first-order chi connectivity index (χ1) is 14.2. The fraction of sp³-hybridized carbons (Fsp3) is 0.391. The van der Waals surface area contributed by atoms with Gasteiger partial charge in [0, 0.05) is 33.2 Å². The minimum absolute atomic E-state index is 0.225. The van der Waals surface area contributed by atoms with Gasteiger partial charge in [-0.25, -0.2) is 4.79 Å². The Morgan fingerprint density at radius 1 is 0.966 bits per heavy atom. The Balaban J connectivity index is 1.39. The molecule has 2 aromatic carbocycles. The summed E-state index contributed by atoms with van der Waals surface area (Å²) in [4.78, 5) is 27.2. The van der Waals surface area contributed by atoms with E-state index < -0.39 is 6.09 Å². The van der Waals surface area contributed by atoms with Gasteiger partial charge in [0.05, 0.1) is 0 Å². The van der Waals surface area contributed by atoms with E-state index in [4.69, 9.17) is 4.74 Å². The van der Waals surface area contributed by atoms with E-state index in [1.165, 1.54) is 23.7 Å². The lowest BCUT2D eigenvalue weighted by atomic mass is 10.0. The van der Waals surface area contributed by atoms with Crippen LogP contribution < -0.4 is 5.32 Å². The summed E-state index contributed by atoms with van der Waals surface area (Å²) in [6.45, 7) is 3.72. The minimum Gasteiger partial charge on any atom is -0.439 e. The highest BCUT2D eigenvalue weighted by atomic mass is 16.6. The van der Waals surface area contributed by atoms with Crippen molar-refractivity contribution in [2.45, 2.75) is 12.8 Å². The molecule has 0 bridgehead atoms. The summed E-state index contributed by atoms with van der Waals surface area (Å²) in [5.74, 6) is -0.298. The van der Waals surface area contributed by atoms with Crippen molar-refractivity contribution < 1.29 is 14.3 Å². The topological polar surface area (TPSA) is 61.9 Å². The van der Waals surface area contributed by atoms with Crippen LogP contribution in [0.1, 0.15) is 12.0 Å². The van der Waals surface area contributed by atoms with Gasteiger partial charge in [-0.05, 0) is 36.1 Å². The SMILES string of the molecule is CNC(=O)COC(=O)N1CCN(CCCc2cccc(-c3ccccc3)c2)CC1. The van der Waals surface area contributed by atoms with Crippen LogP contribution in [0.4, 0.5) is 4.79 Å². The maximum absolute atomic E-state index is 12.0. The normalized spacial score (nSPS) is 14.4. The molecule has 1 aliphatic heterocycles. The summed E-state index contributed by atoms with van der Waals surface area (Å²) < 4.78 is 5.01. The Bertz CT molecular complexity index is 802. The molecule has 0 saturated carbocycles. The molecule has 1 fully saturated rings. The fourth-order valence-electron chi connectivity index (χ4n) is 3.49. The Morgan fingerprint density at radius 2 is 1.69 bits per heavy atom. The minimum atomic E-state index is -0.411. The summed E-state index contributed by atoms with van der Waals surface area (Å²) >= 11 is 0. The van der Waals surface area contributed by atoms with Gasteiger partial charge in [0.1, 0.15) is 0 Å². The van der Waals surface area contributed by atoms with Gasteiger partial charge in [0.25, 0.3) is 5.91 Å². The average molecular weight is 396 g/mol. The molecular weight excluding hydrogens is 366 g/mol. The molecule has 29 heavy (non-hydrogen) atoms. The van der Waals surface area contributed by atoms with E-state index in [2.05, 4.69) is 58.7 Å². The highest BCUT2D eigenvalue weighted by molar-refractivity contribution is 5.79. The predicted octanol–water partition coefficient (Wildman–Crippen LogP) is 2.79. The molecule has 1 aliphatic rings. The van der Waals surface area contributed by atoms with Gasteiger partial charge in [-0.1, -0.05) is 54.6 Å². The molecule has 0 aliphatic carbocycles. The monoisotopic (exact) mass is 395 g/mol. The van der Waals surface area contributed by atoms with Crippen LogP contribution in [-0.4, -0.2) is 68.2 Å². The van der Waals surface area contributed by atoms with E-state index >= 15 is 0 Å². The molecule has 2 amide bonds. The van der Waals surface area contributed by atoms with Crippen LogP contribution in [0.2, 0.25) is 0 Å². The van der Waals surface area contributed by atoms with E-state index in [1.807, 2.05) is 6.07 Å². The molecule has 0 aromatic heterocycles. The van der Waals surface area contributed by atoms with Crippen LogP contribution in [0, 0.1) is 0 Å². The quantitative estimate of drug-likeness (QED) is 0.783. The fourth-order valence-corrected chi connectivity index (χ4v) is 3.49. The maximum atomic E-state index is 12.0. The predicted molar refractivity (Wildman–Crippen MR) is 114 cm³/mol. The first-order valence-corrected chi connectivity index (χ1v) is 10.1. The third-order valence-corrected chi connectivity index (χ3v) is 5.21. The lowest BCUT2D eigenvalue weighted by molar-refractivity contribution is -0.123. The zero-order valence-corrected chi connectivity index (χ0v) is 17.0. The number of benzene rings is 2. The average Bonchev–Trinajstić information content (AvgIpc) is 2.78. The Morgan fingerprint density at radius 3 is 2.41 bits per heavy atom. The van der Waals surface area contributed by atoms with Crippen LogP contribution in [-0.2, 0) is 16.0 Å². The molecule has 1 N–H and O–H groups in total. The van der Waals surface area contributed by atoms with E-state index in [0.29, 0.717) is 13.1 Å². The van der Waals surface area contributed by atoms with E-state index in [1.54, 1.807) is 4.90 Å². The van der Waals surface area contributed by atoms with Crippen LogP contribution in [0.5, 0.6) is 0 Å². The lowest BCUT2D eigenvalue weighted by Crippen LogP contribution is -2.49. The third kappa shape index (κ3) is 6.32. The van der Waals surface area contributed by atoms with E-state index in [-0.39, 0.29) is 12.5 Å². The van der Waals surface area contributed by atoms with Crippen molar-refractivity contribution in [3.63, 3.8) is 0 Å². The van der Waals surface area contributed by atoms with Gasteiger partial charge in [-0.3, -0.25) is 9.69 Å². The molecule has 1 heterocycles. The Labute approximate surface area is 172 Å². The molecule has 1 saturated heterocycles. The number of aryl methyl sites for hydroxylation is 1. The molecule has 6 heteroatoms. The van der Waals surface area contributed by atoms with Crippen molar-refractivity contribution >= 4 is 12.0 Å². The first-order valence-electron chi connectivity index (χ1n) is 10.1. The number of amides is 2. The summed E-state index contributed by atoms with van der Waals surface area (Å²) in [6, 6.07) is 19.2. The van der Waals surface area contributed by atoms with E-state index in [0.717, 1.165) is 32.5 Å². The second-order valence-electron chi connectivity index (χ2n) is 7.23. The number of hydrogen-bond donors (Lipinski definition) is 1. The smallest absolute Gasteiger partial charge is 0.410 e. The number of carbonyl (C=O) groups is 2. The number of likely N-dealkylation sites (N-methyl/N-ethyl adjacent to an activating group) is 1. The number of ether oxygens (including phenoxy) is 1. The second-order valence-corrected chi connectivity index (χ2v) is 7.23. The van der Waals surface area contributed by atoms with Gasteiger partial charge in [-0.2, -0.15) is 0 Å². The molecule has 0 unspecified atom stereocenters. The number of rotatable bonds is 7. The van der Waals surface area contributed by atoms with Crippen LogP contribution in [0.3, 0.4) is 0 Å². The van der Waals surface area contributed by atoms with Crippen LogP contribution >= 0.6 is 0 Å². The first kappa shape index (κ1) is 20.9. The Hall–Kier alpha value is -2.86. The molecule has 0 atom stereocenters. The lowest BCUT2D eigenvalue weighted by Gasteiger charge is -2.34. The third-order valence-electron chi connectivity index (χ3n) is 5.21. The van der Waals surface area contributed by atoms with Gasteiger partial charge in [-0.15, -0.1) is 0 Å². The van der Waals surface area contributed by atoms with Crippen molar-refractivity contribution in [1.29, 1.82) is 0 Å².